The number of hydrogen-bond donors (Lipinski definition) is 1. The fourth-order valence-corrected chi connectivity index (χ4v) is 3.54. The molecule has 0 bridgehead atoms. The highest BCUT2D eigenvalue weighted by atomic mass is 32.2. The van der Waals surface area contributed by atoms with Crippen molar-refractivity contribution < 1.29 is 4.79 Å². The Morgan fingerprint density at radius 3 is 3.15 bits per heavy atom. The van der Waals surface area contributed by atoms with Gasteiger partial charge in [-0.1, -0.05) is 6.42 Å². The Kier molecular flexibility index (Phi) is 2.63. The van der Waals surface area contributed by atoms with Gasteiger partial charge in [-0.05, 0) is 24.8 Å². The Bertz CT molecular complexity index is 260. The minimum absolute atomic E-state index is 0.0781. The van der Waals surface area contributed by atoms with E-state index in [-0.39, 0.29) is 5.91 Å². The van der Waals surface area contributed by atoms with E-state index in [1.165, 1.54) is 37.0 Å². The summed E-state index contributed by atoms with van der Waals surface area (Å²) in [5, 5.41) is 3.68. The molecule has 2 nitrogen and oxygen atoms in total. The van der Waals surface area contributed by atoms with Gasteiger partial charge in [-0.2, -0.15) is 0 Å². The lowest BCUT2D eigenvalue weighted by Gasteiger charge is -2.20. The quantitative estimate of drug-likeness (QED) is 0.697. The number of carbonyl (C=O) groups excluding carboxylic acids is 1. The van der Waals surface area contributed by atoms with Crippen LogP contribution in [0.1, 0.15) is 32.6 Å². The highest BCUT2D eigenvalue weighted by Crippen LogP contribution is 2.40. The van der Waals surface area contributed by atoms with Crippen LogP contribution in [0.15, 0.2) is 11.3 Å². The van der Waals surface area contributed by atoms with Crippen molar-refractivity contribution in [2.45, 2.75) is 37.9 Å². The molecule has 1 heterocycles. The molecule has 0 aromatic carbocycles. The summed E-state index contributed by atoms with van der Waals surface area (Å²) in [5.74, 6) is 1.09. The van der Waals surface area contributed by atoms with Gasteiger partial charge in [0.2, 0.25) is 5.91 Å². The van der Waals surface area contributed by atoms with Crippen molar-refractivity contribution in [1.82, 2.24) is 5.32 Å². The van der Waals surface area contributed by atoms with Gasteiger partial charge in [0, 0.05) is 23.6 Å². The van der Waals surface area contributed by atoms with Crippen molar-refractivity contribution in [2.75, 3.05) is 5.75 Å². The molecule has 72 valence electrons. The van der Waals surface area contributed by atoms with Crippen LogP contribution in [0.5, 0.6) is 0 Å². The van der Waals surface area contributed by atoms with E-state index in [2.05, 4.69) is 5.32 Å². The highest BCUT2D eigenvalue weighted by molar-refractivity contribution is 8.00. The molecule has 0 aromatic rings. The Hall–Kier alpha value is -0.440. The third kappa shape index (κ3) is 1.90. The van der Waals surface area contributed by atoms with E-state index in [0.29, 0.717) is 0 Å². The molecule has 1 N–H and O–H groups in total. The van der Waals surface area contributed by atoms with Gasteiger partial charge in [0.15, 0.2) is 0 Å². The second-order valence-corrected chi connectivity index (χ2v) is 4.92. The van der Waals surface area contributed by atoms with E-state index in [4.69, 9.17) is 0 Å². The van der Waals surface area contributed by atoms with E-state index >= 15 is 0 Å². The molecular weight excluding hydrogens is 182 g/mol. The molecule has 2 aliphatic rings. The first-order chi connectivity index (χ1) is 6.27. The average Bonchev–Trinajstić information content (AvgIpc) is 2.48. The van der Waals surface area contributed by atoms with Crippen LogP contribution in [-0.2, 0) is 4.79 Å². The van der Waals surface area contributed by atoms with Gasteiger partial charge >= 0.3 is 0 Å². The predicted molar refractivity (Wildman–Crippen MR) is 55.6 cm³/mol. The fraction of sp³-hybridized carbons (Fsp3) is 0.700. The van der Waals surface area contributed by atoms with Crippen molar-refractivity contribution in [1.29, 1.82) is 0 Å². The molecule has 0 radical (unpaired) electrons. The summed E-state index contributed by atoms with van der Waals surface area (Å²) in [4.78, 5) is 10.9. The van der Waals surface area contributed by atoms with Crippen LogP contribution < -0.4 is 5.32 Å². The second kappa shape index (κ2) is 3.74. The number of hydrogen-bond acceptors (Lipinski definition) is 2. The Labute approximate surface area is 83.2 Å². The molecule has 2 rings (SSSR count). The van der Waals surface area contributed by atoms with Gasteiger partial charge in [0.05, 0.1) is 0 Å². The predicted octanol–water partition coefficient (Wildman–Crippen LogP) is 2.07. The molecule has 0 spiro atoms. The lowest BCUT2D eigenvalue weighted by atomic mass is 9.93. The van der Waals surface area contributed by atoms with Crippen LogP contribution in [0.4, 0.5) is 0 Å². The highest BCUT2D eigenvalue weighted by Gasteiger charge is 2.28. The fourth-order valence-electron chi connectivity index (χ4n) is 2.12. The van der Waals surface area contributed by atoms with Gasteiger partial charge in [-0.3, -0.25) is 4.79 Å². The molecule has 1 aliphatic carbocycles. The molecule has 1 saturated carbocycles. The van der Waals surface area contributed by atoms with Crippen LogP contribution in [0.25, 0.3) is 0 Å². The van der Waals surface area contributed by atoms with Crippen molar-refractivity contribution in [2.24, 2.45) is 0 Å². The van der Waals surface area contributed by atoms with Crippen LogP contribution >= 0.6 is 11.8 Å². The van der Waals surface area contributed by atoms with Crippen molar-refractivity contribution in [3.8, 4) is 0 Å². The zero-order valence-corrected chi connectivity index (χ0v) is 8.75. The number of rotatable bonds is 1. The van der Waals surface area contributed by atoms with Gasteiger partial charge in [0.1, 0.15) is 0 Å². The first kappa shape index (κ1) is 9.13. The van der Waals surface area contributed by atoms with Crippen LogP contribution in [-0.4, -0.2) is 16.9 Å². The summed E-state index contributed by atoms with van der Waals surface area (Å²) < 4.78 is 0. The standard InChI is InChI=1S/C10H15NOS/c1-7(12)11-9-6-13-10-5-3-2-4-8(9)10/h10H,2-6H2,1H3,(H,11,12). The van der Waals surface area contributed by atoms with Gasteiger partial charge in [-0.25, -0.2) is 0 Å². The molecule has 1 amide bonds. The molecule has 13 heavy (non-hydrogen) atoms. The number of thioether (sulfide) groups is 1. The summed E-state index contributed by atoms with van der Waals surface area (Å²) in [6.07, 6.45) is 5.17. The molecule has 0 saturated heterocycles. The largest absolute Gasteiger partial charge is 0.329 e. The lowest BCUT2D eigenvalue weighted by Crippen LogP contribution is -2.21. The van der Waals surface area contributed by atoms with Gasteiger partial charge in [0.25, 0.3) is 0 Å². The molecule has 0 aromatic heterocycles. The Morgan fingerprint density at radius 1 is 1.54 bits per heavy atom. The van der Waals surface area contributed by atoms with E-state index in [0.717, 1.165) is 11.0 Å². The van der Waals surface area contributed by atoms with Crippen LogP contribution in [0.2, 0.25) is 0 Å². The Morgan fingerprint density at radius 2 is 2.38 bits per heavy atom. The van der Waals surface area contributed by atoms with E-state index < -0.39 is 0 Å². The molecule has 1 atom stereocenters. The van der Waals surface area contributed by atoms with Crippen molar-refractivity contribution in [3.63, 3.8) is 0 Å². The zero-order valence-electron chi connectivity index (χ0n) is 7.93. The maximum Gasteiger partial charge on any atom is 0.221 e. The summed E-state index contributed by atoms with van der Waals surface area (Å²) in [7, 11) is 0. The van der Waals surface area contributed by atoms with Crippen molar-refractivity contribution >= 4 is 17.7 Å². The third-order valence-electron chi connectivity index (χ3n) is 2.69. The lowest BCUT2D eigenvalue weighted by molar-refractivity contribution is -0.118. The maximum absolute atomic E-state index is 10.9. The molecule has 3 heteroatoms. The third-order valence-corrected chi connectivity index (χ3v) is 4.07. The zero-order chi connectivity index (χ0) is 9.26. The van der Waals surface area contributed by atoms with Crippen LogP contribution in [0.3, 0.4) is 0 Å². The normalized spacial score (nSPS) is 27.3. The maximum atomic E-state index is 10.9. The van der Waals surface area contributed by atoms with Crippen LogP contribution in [0, 0.1) is 0 Å². The summed E-state index contributed by atoms with van der Waals surface area (Å²) in [5.41, 5.74) is 2.73. The number of nitrogens with one attached hydrogen (secondary N) is 1. The average molecular weight is 197 g/mol. The second-order valence-electron chi connectivity index (χ2n) is 3.73. The van der Waals surface area contributed by atoms with Gasteiger partial charge < -0.3 is 5.32 Å². The topological polar surface area (TPSA) is 29.1 Å². The van der Waals surface area contributed by atoms with E-state index in [1.54, 1.807) is 6.92 Å². The van der Waals surface area contributed by atoms with E-state index in [9.17, 15) is 4.79 Å². The van der Waals surface area contributed by atoms with Gasteiger partial charge in [-0.15, -0.1) is 11.8 Å². The smallest absolute Gasteiger partial charge is 0.221 e. The molecule has 1 unspecified atom stereocenters. The SMILES string of the molecule is CC(=O)NC1=C2CCCCC2SC1. The number of carbonyl (C=O) groups is 1. The van der Waals surface area contributed by atoms with Crippen molar-refractivity contribution in [3.05, 3.63) is 11.3 Å². The summed E-state index contributed by atoms with van der Waals surface area (Å²) >= 11 is 1.99. The monoisotopic (exact) mass is 197 g/mol. The summed E-state index contributed by atoms with van der Waals surface area (Å²) in [6, 6.07) is 0. The number of amides is 1. The summed E-state index contributed by atoms with van der Waals surface area (Å²) in [6.45, 7) is 1.59. The van der Waals surface area contributed by atoms with E-state index in [1.807, 2.05) is 11.8 Å². The first-order valence-electron chi connectivity index (χ1n) is 4.88. The Balaban J connectivity index is 2.11. The molecular formula is C10H15NOS. The minimum Gasteiger partial charge on any atom is -0.329 e. The minimum atomic E-state index is 0.0781. The molecule has 1 aliphatic heterocycles. The first-order valence-corrected chi connectivity index (χ1v) is 5.93. The molecule has 1 fully saturated rings. The number of fused-ring (bicyclic) bond motifs is 1.